The van der Waals surface area contributed by atoms with Crippen molar-refractivity contribution in [3.05, 3.63) is 140 Å². The number of likely N-dealkylation sites (N-methyl/N-ethyl adjacent to an activating group) is 1. The van der Waals surface area contributed by atoms with E-state index < -0.39 is 77.0 Å². The first-order chi connectivity index (χ1) is 28.0. The van der Waals surface area contributed by atoms with Crippen LogP contribution in [0.2, 0.25) is 0 Å². The number of ether oxygens (including phenoxy) is 2. The quantitative estimate of drug-likeness (QED) is 0.0749. The van der Waals surface area contributed by atoms with Gasteiger partial charge in [0.1, 0.15) is 17.7 Å². The number of alkyl halides is 1. The maximum atomic E-state index is 15.4. The molecular formula is C47H50BrN3O7. The van der Waals surface area contributed by atoms with Gasteiger partial charge in [0.2, 0.25) is 11.8 Å². The summed E-state index contributed by atoms with van der Waals surface area (Å²) in [7, 11) is 1.69. The lowest BCUT2D eigenvalue weighted by Crippen LogP contribution is -2.59. The highest BCUT2D eigenvalue weighted by atomic mass is 79.9. The van der Waals surface area contributed by atoms with Gasteiger partial charge in [0, 0.05) is 30.5 Å². The molecule has 3 aliphatic rings. The molecule has 3 fully saturated rings. The highest BCUT2D eigenvalue weighted by molar-refractivity contribution is 9.09. The van der Waals surface area contributed by atoms with Crippen molar-refractivity contribution in [2.45, 2.75) is 73.4 Å². The third kappa shape index (κ3) is 7.51. The van der Waals surface area contributed by atoms with Gasteiger partial charge in [-0.25, -0.2) is 0 Å². The van der Waals surface area contributed by atoms with E-state index in [1.54, 1.807) is 29.0 Å². The van der Waals surface area contributed by atoms with Gasteiger partial charge in [0.05, 0.1) is 36.6 Å². The number of esters is 1. The van der Waals surface area contributed by atoms with Crippen molar-refractivity contribution in [3.8, 4) is 0 Å². The first-order valence-corrected chi connectivity index (χ1v) is 20.8. The number of nitrogens with zero attached hydrogens (tertiary/aromatic N) is 3. The second-order valence-corrected chi connectivity index (χ2v) is 16.7. The Morgan fingerprint density at radius 2 is 1.66 bits per heavy atom. The van der Waals surface area contributed by atoms with E-state index in [1.807, 2.05) is 110 Å². The van der Waals surface area contributed by atoms with Crippen molar-refractivity contribution in [2.75, 3.05) is 25.1 Å². The Hall–Kier alpha value is -5.10. The molecule has 3 saturated heterocycles. The molecule has 1 N–H and O–H groups in total. The summed E-state index contributed by atoms with van der Waals surface area (Å²) < 4.78 is 13.3. The smallest absolute Gasteiger partial charge is 0.313 e. The van der Waals surface area contributed by atoms with E-state index in [1.165, 1.54) is 4.90 Å². The normalized spacial score (nSPS) is 24.8. The molecule has 302 valence electrons. The Kier molecular flexibility index (Phi) is 12.3. The number of aliphatic hydroxyl groups excluding tert-OH is 1. The number of rotatable bonds is 16. The minimum atomic E-state index is -1.43. The van der Waals surface area contributed by atoms with Crippen molar-refractivity contribution in [3.63, 3.8) is 0 Å². The van der Waals surface area contributed by atoms with Gasteiger partial charge in [0.15, 0.2) is 0 Å². The van der Waals surface area contributed by atoms with E-state index in [-0.39, 0.29) is 31.7 Å². The van der Waals surface area contributed by atoms with E-state index in [4.69, 9.17) is 9.47 Å². The molecule has 4 aromatic rings. The van der Waals surface area contributed by atoms with E-state index in [0.717, 1.165) is 16.3 Å². The molecule has 9 atom stereocenters. The predicted octanol–water partition coefficient (Wildman–Crippen LogP) is 6.81. The number of benzene rings is 4. The topological polar surface area (TPSA) is 117 Å². The number of carbonyl (C=O) groups excluding carboxylic acids is 4. The van der Waals surface area contributed by atoms with Crippen LogP contribution in [0, 0.1) is 11.8 Å². The summed E-state index contributed by atoms with van der Waals surface area (Å²) in [5.41, 5.74) is 0.748. The predicted molar refractivity (Wildman–Crippen MR) is 227 cm³/mol. The van der Waals surface area contributed by atoms with Crippen LogP contribution >= 0.6 is 15.9 Å². The monoisotopic (exact) mass is 847 g/mol. The standard InChI is InChI=1S/C47H50BrN3O7/c1-5-7-22-38(53)49(4)30(3)41(33-19-12-9-13-20-33)57-46(56)39-40-44(54)51(36(29-52)26-31-16-10-8-11-17-31)43(47(40)28-37(48)42(39)58-47)45(55)50(25-6-2)35-24-23-32-18-14-15-21-34(32)27-35/h5-6,8-21,23-24,27,30,36-37,39-43,52H,1-2,7,22,25-26,28-29H2,3-4H3/t30-,36-,37?,39-,40+,41+,42-,43-,47+/m1/s1. The van der Waals surface area contributed by atoms with Crippen molar-refractivity contribution >= 4 is 56.1 Å². The molecule has 10 nitrogen and oxygen atoms in total. The number of likely N-dealkylation sites (tertiary alicyclic amines) is 1. The maximum absolute atomic E-state index is 15.4. The van der Waals surface area contributed by atoms with Gasteiger partial charge in [-0.15, -0.1) is 13.2 Å². The van der Waals surface area contributed by atoms with Crippen LogP contribution in [0.4, 0.5) is 5.69 Å². The zero-order valence-corrected chi connectivity index (χ0v) is 34.4. The van der Waals surface area contributed by atoms with Gasteiger partial charge in [-0.3, -0.25) is 19.2 Å². The fourth-order valence-corrected chi connectivity index (χ4v) is 10.2. The van der Waals surface area contributed by atoms with Gasteiger partial charge in [-0.2, -0.15) is 0 Å². The molecule has 3 aliphatic heterocycles. The third-order valence-corrected chi connectivity index (χ3v) is 13.0. The van der Waals surface area contributed by atoms with Gasteiger partial charge in [0.25, 0.3) is 5.91 Å². The summed E-state index contributed by atoms with van der Waals surface area (Å²) in [6.45, 7) is 9.23. The largest absolute Gasteiger partial charge is 0.455 e. The van der Waals surface area contributed by atoms with Gasteiger partial charge >= 0.3 is 5.97 Å². The lowest BCUT2D eigenvalue weighted by molar-refractivity contribution is -0.165. The van der Waals surface area contributed by atoms with Crippen LogP contribution in [-0.4, -0.2) is 93.5 Å². The Morgan fingerprint density at radius 1 is 0.983 bits per heavy atom. The molecular weight excluding hydrogens is 798 g/mol. The first kappa shape index (κ1) is 41.1. The Balaban J connectivity index is 1.29. The van der Waals surface area contributed by atoms with E-state index in [0.29, 0.717) is 17.7 Å². The zero-order valence-electron chi connectivity index (χ0n) is 32.9. The molecule has 0 aliphatic carbocycles. The molecule has 3 amide bonds. The lowest BCUT2D eigenvalue weighted by atomic mass is 9.70. The molecule has 11 heteroatoms. The summed E-state index contributed by atoms with van der Waals surface area (Å²) in [5, 5.41) is 13.0. The number of allylic oxidation sites excluding steroid dienone is 1. The number of carbonyl (C=O) groups is 4. The Bertz CT molecular complexity index is 2170. The molecule has 4 aromatic carbocycles. The van der Waals surface area contributed by atoms with Crippen molar-refractivity contribution in [2.24, 2.45) is 11.8 Å². The SMILES string of the molecule is C=CCCC(=O)N(C)[C@H](C)[C@H](OC(=O)[C@H]1[C@@H]2O[C@@]3(CC2Br)[C@@H]1C(=O)N([C@@H](CO)Cc1ccccc1)[C@@H]3C(=O)N(CC=C)c1ccc2ccccc2c1)c1ccccc1. The van der Waals surface area contributed by atoms with Crippen LogP contribution in [0.3, 0.4) is 0 Å². The summed E-state index contributed by atoms with van der Waals surface area (Å²) in [6, 6.07) is 29.8. The second kappa shape index (κ2) is 17.4. The van der Waals surface area contributed by atoms with Gasteiger partial charge in [-0.05, 0) is 60.2 Å². The summed E-state index contributed by atoms with van der Waals surface area (Å²) >= 11 is 3.79. The number of amides is 3. The molecule has 2 bridgehead atoms. The third-order valence-electron chi connectivity index (χ3n) is 12.1. The first-order valence-electron chi connectivity index (χ1n) is 19.9. The molecule has 7 rings (SSSR count). The van der Waals surface area contributed by atoms with E-state index in [2.05, 4.69) is 29.1 Å². The number of hydrogen-bond donors (Lipinski definition) is 1. The van der Waals surface area contributed by atoms with E-state index >= 15 is 9.59 Å². The van der Waals surface area contributed by atoms with Gasteiger partial charge < -0.3 is 29.3 Å². The number of anilines is 1. The second-order valence-electron chi connectivity index (χ2n) is 15.5. The minimum Gasteiger partial charge on any atom is -0.455 e. The fourth-order valence-electron chi connectivity index (χ4n) is 9.21. The fraction of sp³-hybridized carbons (Fsp3) is 0.362. The number of halogens is 1. The van der Waals surface area contributed by atoms with Crippen LogP contribution < -0.4 is 4.90 Å². The summed E-state index contributed by atoms with van der Waals surface area (Å²) in [6.07, 6.45) is 2.97. The van der Waals surface area contributed by atoms with Crippen LogP contribution in [0.25, 0.3) is 10.8 Å². The van der Waals surface area contributed by atoms with Crippen LogP contribution in [0.15, 0.2) is 128 Å². The molecule has 1 unspecified atom stereocenters. The van der Waals surface area contributed by atoms with Crippen molar-refractivity contribution in [1.82, 2.24) is 9.80 Å². The maximum Gasteiger partial charge on any atom is 0.313 e. The molecule has 0 radical (unpaired) electrons. The Morgan fingerprint density at radius 3 is 2.33 bits per heavy atom. The number of hydrogen-bond acceptors (Lipinski definition) is 7. The summed E-state index contributed by atoms with van der Waals surface area (Å²) in [5.74, 6) is -3.80. The molecule has 3 heterocycles. The van der Waals surface area contributed by atoms with E-state index in [9.17, 15) is 14.7 Å². The Labute approximate surface area is 348 Å². The molecule has 0 saturated carbocycles. The lowest BCUT2D eigenvalue weighted by Gasteiger charge is -2.39. The minimum absolute atomic E-state index is 0.126. The molecule has 0 aromatic heterocycles. The van der Waals surface area contributed by atoms with Crippen LogP contribution in [0.5, 0.6) is 0 Å². The highest BCUT2D eigenvalue weighted by Gasteiger charge is 2.77. The zero-order chi connectivity index (χ0) is 41.1. The summed E-state index contributed by atoms with van der Waals surface area (Å²) in [4.78, 5) is 63.0. The van der Waals surface area contributed by atoms with Crippen LogP contribution in [-0.2, 0) is 35.1 Å². The molecule has 1 spiro atoms. The van der Waals surface area contributed by atoms with Gasteiger partial charge in [-0.1, -0.05) is 119 Å². The number of fused-ring (bicyclic) bond motifs is 2. The molecule has 58 heavy (non-hydrogen) atoms. The highest BCUT2D eigenvalue weighted by Crippen LogP contribution is 2.61. The average molecular weight is 849 g/mol. The number of aliphatic hydroxyl groups is 1. The van der Waals surface area contributed by atoms with Crippen LogP contribution in [0.1, 0.15) is 43.4 Å². The average Bonchev–Trinajstić information content (AvgIpc) is 3.85. The van der Waals surface area contributed by atoms with Crippen molar-refractivity contribution in [1.29, 1.82) is 0 Å². The van der Waals surface area contributed by atoms with Crippen molar-refractivity contribution < 1.29 is 33.8 Å².